The highest BCUT2D eigenvalue weighted by Gasteiger charge is 2.07. The molecule has 2 N–H and O–H groups in total. The number of methoxy groups -OCH3 is 1. The van der Waals surface area contributed by atoms with Crippen LogP contribution in [-0.2, 0) is 0 Å². The Balaban J connectivity index is 1.80. The van der Waals surface area contributed by atoms with Crippen LogP contribution >= 0.6 is 11.6 Å². The fraction of sp³-hybridized carbons (Fsp3) is 0.0588. The van der Waals surface area contributed by atoms with Crippen LogP contribution in [0.15, 0.2) is 48.7 Å². The molecule has 0 saturated carbocycles. The normalized spacial score (nSPS) is 9.96. The number of benzene rings is 2. The first kappa shape index (κ1) is 16.5. The van der Waals surface area contributed by atoms with E-state index >= 15 is 0 Å². The molecule has 0 saturated heterocycles. The summed E-state index contributed by atoms with van der Waals surface area (Å²) in [6.07, 6.45) is 1.47. The molecule has 8 heteroatoms. The Morgan fingerprint density at radius 2 is 2.00 bits per heavy atom. The lowest BCUT2D eigenvalue weighted by Gasteiger charge is -2.09. The first-order chi connectivity index (χ1) is 12.2. The summed E-state index contributed by atoms with van der Waals surface area (Å²) in [4.78, 5) is 4.33. The van der Waals surface area contributed by atoms with Gasteiger partial charge in [0.1, 0.15) is 11.8 Å². The van der Waals surface area contributed by atoms with Crippen LogP contribution in [-0.4, -0.2) is 22.3 Å². The summed E-state index contributed by atoms with van der Waals surface area (Å²) in [5.74, 6) is 1.33. The number of ether oxygens (including phenoxy) is 1. The van der Waals surface area contributed by atoms with Crippen LogP contribution in [0.3, 0.4) is 0 Å². The minimum atomic E-state index is 0.292. The van der Waals surface area contributed by atoms with Gasteiger partial charge < -0.3 is 15.4 Å². The van der Waals surface area contributed by atoms with Crippen molar-refractivity contribution in [1.82, 2.24) is 15.2 Å². The fourth-order valence-corrected chi connectivity index (χ4v) is 2.38. The third-order valence-corrected chi connectivity index (χ3v) is 3.57. The first-order valence-electron chi connectivity index (χ1n) is 7.26. The van der Waals surface area contributed by atoms with Crippen LogP contribution < -0.4 is 15.4 Å². The number of nitrogens with zero attached hydrogens (tertiary/aromatic N) is 4. The van der Waals surface area contributed by atoms with Gasteiger partial charge in [0.2, 0.25) is 5.95 Å². The summed E-state index contributed by atoms with van der Waals surface area (Å²) in [5.41, 5.74) is 1.85. The van der Waals surface area contributed by atoms with Crippen molar-refractivity contribution in [3.63, 3.8) is 0 Å². The minimum Gasteiger partial charge on any atom is -0.495 e. The minimum absolute atomic E-state index is 0.292. The molecule has 0 aliphatic carbocycles. The van der Waals surface area contributed by atoms with Crippen molar-refractivity contribution in [2.24, 2.45) is 0 Å². The number of rotatable bonds is 5. The Morgan fingerprint density at radius 3 is 2.76 bits per heavy atom. The highest BCUT2D eigenvalue weighted by atomic mass is 35.5. The Labute approximate surface area is 149 Å². The molecule has 0 unspecified atom stereocenters. The Hall–Kier alpha value is -3.37. The van der Waals surface area contributed by atoms with Gasteiger partial charge in [-0.25, -0.2) is 0 Å². The maximum atomic E-state index is 9.14. The number of para-hydroxylation sites is 1. The third kappa shape index (κ3) is 3.94. The van der Waals surface area contributed by atoms with E-state index in [2.05, 4.69) is 31.9 Å². The molecule has 0 bridgehead atoms. The highest BCUT2D eigenvalue weighted by Crippen LogP contribution is 2.28. The Kier molecular flexibility index (Phi) is 4.92. The summed E-state index contributed by atoms with van der Waals surface area (Å²) in [7, 11) is 1.55. The summed E-state index contributed by atoms with van der Waals surface area (Å²) >= 11 is 6.10. The molecular weight excluding hydrogens is 340 g/mol. The van der Waals surface area contributed by atoms with Crippen molar-refractivity contribution in [2.75, 3.05) is 17.7 Å². The molecule has 0 aliphatic heterocycles. The van der Waals surface area contributed by atoms with Gasteiger partial charge in [-0.2, -0.15) is 15.3 Å². The number of aromatic nitrogens is 3. The molecule has 3 rings (SSSR count). The standard InChI is InChI=1S/C17H13ClN6O/c1-25-15-7-6-12(8-13(15)18)21-17-23-16(10-20-24-17)22-14-5-3-2-4-11(14)9-19/h2-8,10H,1H3,(H2,21,22,23,24). The van der Waals surface area contributed by atoms with Crippen molar-refractivity contribution in [3.05, 3.63) is 59.2 Å². The molecule has 0 aliphatic rings. The van der Waals surface area contributed by atoms with Crippen LogP contribution in [0.5, 0.6) is 5.75 Å². The Bertz CT molecular complexity index is 940. The van der Waals surface area contributed by atoms with E-state index in [1.54, 1.807) is 43.5 Å². The van der Waals surface area contributed by atoms with Gasteiger partial charge >= 0.3 is 0 Å². The quantitative estimate of drug-likeness (QED) is 0.719. The van der Waals surface area contributed by atoms with E-state index in [1.165, 1.54) is 6.20 Å². The van der Waals surface area contributed by atoms with Gasteiger partial charge in [0.25, 0.3) is 0 Å². The highest BCUT2D eigenvalue weighted by molar-refractivity contribution is 6.32. The molecule has 0 atom stereocenters. The zero-order valence-corrected chi connectivity index (χ0v) is 13.9. The molecule has 124 valence electrons. The number of nitrogens with one attached hydrogen (secondary N) is 2. The molecule has 1 aromatic heterocycles. The van der Waals surface area contributed by atoms with Crippen molar-refractivity contribution in [1.29, 1.82) is 5.26 Å². The lowest BCUT2D eigenvalue weighted by atomic mass is 10.2. The summed E-state index contributed by atoms with van der Waals surface area (Å²) in [6.45, 7) is 0. The van der Waals surface area contributed by atoms with Gasteiger partial charge in [-0.15, -0.1) is 5.10 Å². The summed E-state index contributed by atoms with van der Waals surface area (Å²) in [6, 6.07) is 14.5. The van der Waals surface area contributed by atoms with Crippen LogP contribution in [0.2, 0.25) is 5.02 Å². The number of anilines is 4. The molecular formula is C17H13ClN6O. The molecule has 3 aromatic rings. The van der Waals surface area contributed by atoms with Gasteiger partial charge in [-0.05, 0) is 30.3 Å². The predicted octanol–water partition coefficient (Wildman–Crippen LogP) is 3.89. The molecule has 25 heavy (non-hydrogen) atoms. The van der Waals surface area contributed by atoms with Crippen molar-refractivity contribution in [2.45, 2.75) is 0 Å². The predicted molar refractivity (Wildman–Crippen MR) is 95.6 cm³/mol. The lowest BCUT2D eigenvalue weighted by molar-refractivity contribution is 0.415. The topological polar surface area (TPSA) is 95.8 Å². The maximum Gasteiger partial charge on any atom is 0.249 e. The van der Waals surface area contributed by atoms with Crippen LogP contribution in [0, 0.1) is 11.3 Å². The van der Waals surface area contributed by atoms with E-state index < -0.39 is 0 Å². The van der Waals surface area contributed by atoms with Crippen molar-refractivity contribution >= 4 is 34.7 Å². The van der Waals surface area contributed by atoms with E-state index in [0.29, 0.717) is 39.5 Å². The molecule has 0 amide bonds. The summed E-state index contributed by atoms with van der Waals surface area (Å²) < 4.78 is 5.12. The lowest BCUT2D eigenvalue weighted by Crippen LogP contribution is -2.03. The van der Waals surface area contributed by atoms with E-state index in [0.717, 1.165) is 0 Å². The van der Waals surface area contributed by atoms with Gasteiger partial charge in [-0.3, -0.25) is 0 Å². The van der Waals surface area contributed by atoms with Crippen LogP contribution in [0.1, 0.15) is 5.56 Å². The van der Waals surface area contributed by atoms with E-state index in [4.69, 9.17) is 21.6 Å². The average Bonchev–Trinajstić information content (AvgIpc) is 2.63. The molecule has 2 aromatic carbocycles. The second kappa shape index (κ2) is 7.47. The van der Waals surface area contributed by atoms with Crippen molar-refractivity contribution < 1.29 is 4.74 Å². The van der Waals surface area contributed by atoms with Crippen LogP contribution in [0.25, 0.3) is 0 Å². The largest absolute Gasteiger partial charge is 0.495 e. The van der Waals surface area contributed by atoms with Gasteiger partial charge in [-0.1, -0.05) is 23.7 Å². The second-order valence-corrected chi connectivity index (χ2v) is 5.33. The average molecular weight is 353 g/mol. The number of nitriles is 1. The number of hydrogen-bond donors (Lipinski definition) is 2. The number of halogens is 1. The molecule has 0 fully saturated rings. The fourth-order valence-electron chi connectivity index (χ4n) is 2.12. The van der Waals surface area contributed by atoms with Gasteiger partial charge in [0, 0.05) is 5.69 Å². The third-order valence-electron chi connectivity index (χ3n) is 3.28. The molecule has 0 spiro atoms. The zero-order valence-electron chi connectivity index (χ0n) is 13.2. The maximum absolute atomic E-state index is 9.14. The van der Waals surface area contributed by atoms with Gasteiger partial charge in [0.05, 0.1) is 29.6 Å². The van der Waals surface area contributed by atoms with Crippen molar-refractivity contribution in [3.8, 4) is 11.8 Å². The second-order valence-electron chi connectivity index (χ2n) is 4.92. The first-order valence-corrected chi connectivity index (χ1v) is 7.64. The number of hydrogen-bond acceptors (Lipinski definition) is 7. The zero-order chi connectivity index (χ0) is 17.6. The smallest absolute Gasteiger partial charge is 0.249 e. The monoisotopic (exact) mass is 352 g/mol. The van der Waals surface area contributed by atoms with E-state index in [-0.39, 0.29) is 0 Å². The molecule has 0 radical (unpaired) electrons. The molecule has 1 heterocycles. The van der Waals surface area contributed by atoms with Gasteiger partial charge in [0.15, 0.2) is 5.82 Å². The van der Waals surface area contributed by atoms with E-state index in [1.807, 2.05) is 6.07 Å². The van der Waals surface area contributed by atoms with E-state index in [9.17, 15) is 0 Å². The SMILES string of the molecule is COc1ccc(Nc2nncc(Nc3ccccc3C#N)n2)cc1Cl. The summed E-state index contributed by atoms with van der Waals surface area (Å²) in [5, 5.41) is 23.5. The molecule has 7 nitrogen and oxygen atoms in total. The van der Waals surface area contributed by atoms with Crippen LogP contribution in [0.4, 0.5) is 23.1 Å². The Morgan fingerprint density at radius 1 is 1.16 bits per heavy atom.